The summed E-state index contributed by atoms with van der Waals surface area (Å²) in [6.07, 6.45) is 7.51. The Balaban J connectivity index is 1.57. The Morgan fingerprint density at radius 2 is 1.78 bits per heavy atom. The van der Waals surface area contributed by atoms with Gasteiger partial charge in [-0.05, 0) is 44.6 Å². The molecule has 0 aromatic rings. The van der Waals surface area contributed by atoms with Crippen LogP contribution in [0.4, 0.5) is 0 Å². The smallest absolute Gasteiger partial charge is 0.226 e. The molecule has 0 aromatic heterocycles. The molecule has 32 heavy (non-hydrogen) atoms. The van der Waals surface area contributed by atoms with E-state index in [-0.39, 0.29) is 48.2 Å². The number of rotatable bonds is 5. The lowest BCUT2D eigenvalue weighted by Gasteiger charge is -2.31. The van der Waals surface area contributed by atoms with E-state index in [2.05, 4.69) is 11.4 Å². The number of hydrogen-bond acceptors (Lipinski definition) is 7. The summed E-state index contributed by atoms with van der Waals surface area (Å²) in [6, 6.07) is 2.09. The fourth-order valence-corrected chi connectivity index (χ4v) is 7.83. The molecule has 1 aliphatic heterocycles. The van der Waals surface area contributed by atoms with E-state index in [1.165, 1.54) is 4.90 Å². The summed E-state index contributed by atoms with van der Waals surface area (Å²) in [5.74, 6) is -2.87. The lowest BCUT2D eigenvalue weighted by molar-refractivity contribution is -0.140. The van der Waals surface area contributed by atoms with E-state index in [1.807, 2.05) is 0 Å². The minimum absolute atomic E-state index is 0.00337. The van der Waals surface area contributed by atoms with Crippen LogP contribution < -0.4 is 5.32 Å². The van der Waals surface area contributed by atoms with E-state index in [0.29, 0.717) is 19.3 Å². The van der Waals surface area contributed by atoms with E-state index < -0.39 is 48.2 Å². The molecule has 11 heteroatoms. The molecule has 0 radical (unpaired) electrons. The van der Waals surface area contributed by atoms with Gasteiger partial charge in [0.2, 0.25) is 11.8 Å². The van der Waals surface area contributed by atoms with Gasteiger partial charge < -0.3 is 10.2 Å². The zero-order valence-electron chi connectivity index (χ0n) is 17.7. The fourth-order valence-electron chi connectivity index (χ4n) is 4.69. The minimum atomic E-state index is -3.71. The first-order chi connectivity index (χ1) is 15.1. The molecule has 2 saturated carbocycles. The number of nitriles is 1. The molecule has 0 aromatic carbocycles. The summed E-state index contributed by atoms with van der Waals surface area (Å²) in [5, 5.41) is 11.2. The molecule has 4 rings (SSSR count). The maximum absolute atomic E-state index is 13.3. The van der Waals surface area contributed by atoms with Crippen LogP contribution in [0, 0.1) is 23.2 Å². The van der Waals surface area contributed by atoms with Crippen LogP contribution in [-0.2, 0) is 29.3 Å². The predicted molar refractivity (Wildman–Crippen MR) is 116 cm³/mol. The second-order valence-electron chi connectivity index (χ2n) is 9.10. The molecule has 9 nitrogen and oxygen atoms in total. The molecule has 174 valence electrons. The third kappa shape index (κ3) is 4.48. The highest BCUT2D eigenvalue weighted by atomic mass is 32.2. The van der Waals surface area contributed by atoms with Crippen molar-refractivity contribution < 1.29 is 26.4 Å². The lowest BCUT2D eigenvalue weighted by atomic mass is 9.93. The number of carbonyl (C=O) groups is 2. The third-order valence-corrected chi connectivity index (χ3v) is 10.7. The molecule has 3 atom stereocenters. The summed E-state index contributed by atoms with van der Waals surface area (Å²) < 4.78 is 49.9. The average Bonchev–Trinajstić information content (AvgIpc) is 3.39. The van der Waals surface area contributed by atoms with Gasteiger partial charge in [0.1, 0.15) is 5.54 Å². The van der Waals surface area contributed by atoms with Gasteiger partial charge in [0.25, 0.3) is 0 Å². The van der Waals surface area contributed by atoms with Crippen LogP contribution in [0.5, 0.6) is 0 Å². The summed E-state index contributed by atoms with van der Waals surface area (Å²) in [7, 11) is -6.91. The first-order valence-electron chi connectivity index (χ1n) is 10.9. The second kappa shape index (κ2) is 8.30. The summed E-state index contributed by atoms with van der Waals surface area (Å²) in [5.41, 5.74) is -0.921. The first-order valence-corrected chi connectivity index (χ1v) is 14.3. The Kier molecular flexibility index (Phi) is 5.96. The number of nitrogens with zero attached hydrogens (tertiary/aromatic N) is 2. The van der Waals surface area contributed by atoms with Crippen LogP contribution in [0.25, 0.3) is 0 Å². The Hall–Kier alpha value is -2.19. The number of hydrogen-bond donors (Lipinski definition) is 1. The molecule has 1 heterocycles. The van der Waals surface area contributed by atoms with E-state index >= 15 is 0 Å². The number of amides is 2. The van der Waals surface area contributed by atoms with Crippen molar-refractivity contribution in [1.82, 2.24) is 10.2 Å². The summed E-state index contributed by atoms with van der Waals surface area (Å²) in [4.78, 5) is 28.0. The van der Waals surface area contributed by atoms with Crippen LogP contribution in [0.3, 0.4) is 0 Å². The SMILES string of the molecule is N#CC1(NC(=O)C2CC(S(=O)(=O)C3=CCCC=C3)CC2C(=O)N2CCS(=O)(=O)CC2)CC1. The number of nitrogens with one attached hydrogen (secondary N) is 1. The van der Waals surface area contributed by atoms with Gasteiger partial charge in [0.05, 0.1) is 39.6 Å². The Morgan fingerprint density at radius 1 is 1.12 bits per heavy atom. The molecule has 0 bridgehead atoms. The van der Waals surface area contributed by atoms with Crippen molar-refractivity contribution in [2.75, 3.05) is 24.6 Å². The number of carbonyl (C=O) groups excluding carboxylic acids is 2. The van der Waals surface area contributed by atoms with Crippen molar-refractivity contribution in [1.29, 1.82) is 5.26 Å². The highest BCUT2D eigenvalue weighted by molar-refractivity contribution is 7.96. The molecule has 0 spiro atoms. The van der Waals surface area contributed by atoms with E-state index in [1.54, 1.807) is 18.2 Å². The van der Waals surface area contributed by atoms with Crippen LogP contribution in [0.15, 0.2) is 23.1 Å². The molecule has 1 N–H and O–H groups in total. The number of sulfone groups is 2. The average molecular weight is 482 g/mol. The maximum Gasteiger partial charge on any atom is 0.226 e. The largest absolute Gasteiger partial charge is 0.340 e. The van der Waals surface area contributed by atoms with Crippen molar-refractivity contribution >= 4 is 31.5 Å². The molecule has 2 amide bonds. The molecule has 1 saturated heterocycles. The molecule has 4 aliphatic rings. The lowest BCUT2D eigenvalue weighted by Crippen LogP contribution is -2.49. The summed E-state index contributed by atoms with van der Waals surface area (Å²) in [6.45, 7) is 0.0822. The third-order valence-electron chi connectivity index (χ3n) is 6.88. The molecular weight excluding hydrogens is 454 g/mol. The number of allylic oxidation sites excluding steroid dienone is 3. The van der Waals surface area contributed by atoms with Gasteiger partial charge in [-0.25, -0.2) is 16.8 Å². The van der Waals surface area contributed by atoms with Crippen molar-refractivity contribution in [2.24, 2.45) is 11.8 Å². The van der Waals surface area contributed by atoms with Gasteiger partial charge >= 0.3 is 0 Å². The van der Waals surface area contributed by atoms with Crippen molar-refractivity contribution in [3.63, 3.8) is 0 Å². The highest BCUT2D eigenvalue weighted by Gasteiger charge is 2.52. The normalized spacial score (nSPS) is 30.8. The van der Waals surface area contributed by atoms with Gasteiger partial charge in [0, 0.05) is 13.1 Å². The predicted octanol–water partition coefficient (Wildman–Crippen LogP) is 0.459. The molecular formula is C21H27N3O6S2. The Labute approximate surface area is 188 Å². The summed E-state index contributed by atoms with van der Waals surface area (Å²) >= 11 is 0. The van der Waals surface area contributed by atoms with Gasteiger partial charge in [0.15, 0.2) is 19.7 Å². The van der Waals surface area contributed by atoms with E-state index in [4.69, 9.17) is 0 Å². The maximum atomic E-state index is 13.3. The monoisotopic (exact) mass is 481 g/mol. The van der Waals surface area contributed by atoms with Crippen LogP contribution in [-0.4, -0.2) is 68.9 Å². The van der Waals surface area contributed by atoms with Gasteiger partial charge in [-0.2, -0.15) is 5.26 Å². The van der Waals surface area contributed by atoms with Gasteiger partial charge in [-0.15, -0.1) is 0 Å². The zero-order valence-corrected chi connectivity index (χ0v) is 19.3. The fraction of sp³-hybridized carbons (Fsp3) is 0.667. The van der Waals surface area contributed by atoms with E-state index in [9.17, 15) is 31.7 Å². The van der Waals surface area contributed by atoms with Crippen LogP contribution in [0.2, 0.25) is 0 Å². The Morgan fingerprint density at radius 3 is 2.34 bits per heavy atom. The molecule has 3 unspecified atom stereocenters. The van der Waals surface area contributed by atoms with Crippen molar-refractivity contribution in [3.8, 4) is 6.07 Å². The van der Waals surface area contributed by atoms with Gasteiger partial charge in [-0.1, -0.05) is 12.2 Å². The Bertz CT molecular complexity index is 1110. The van der Waals surface area contributed by atoms with Crippen molar-refractivity contribution in [2.45, 2.75) is 49.3 Å². The second-order valence-corrected chi connectivity index (χ2v) is 13.6. The minimum Gasteiger partial charge on any atom is -0.340 e. The standard InChI is InChI=1S/C21H27N3O6S2/c22-14-21(6-7-21)23-19(25)17-12-16(32(29,30)15-4-2-1-3-5-15)13-18(17)20(26)24-8-10-31(27,28)11-9-24/h2,4-5,16-18H,1,3,6-13H2,(H,23,25). The molecule has 3 aliphatic carbocycles. The quantitative estimate of drug-likeness (QED) is 0.601. The molecule has 3 fully saturated rings. The van der Waals surface area contributed by atoms with Crippen LogP contribution in [0.1, 0.15) is 38.5 Å². The van der Waals surface area contributed by atoms with Gasteiger partial charge in [-0.3, -0.25) is 9.59 Å². The van der Waals surface area contributed by atoms with Crippen molar-refractivity contribution in [3.05, 3.63) is 23.1 Å². The van der Waals surface area contributed by atoms with E-state index in [0.717, 1.165) is 6.42 Å². The first kappa shape index (κ1) is 23.0. The highest BCUT2D eigenvalue weighted by Crippen LogP contribution is 2.42. The topological polar surface area (TPSA) is 141 Å². The zero-order chi connectivity index (χ0) is 23.1. The van der Waals surface area contributed by atoms with Crippen LogP contribution >= 0.6 is 0 Å².